The van der Waals surface area contributed by atoms with Crippen LogP contribution in [0.5, 0.6) is 5.75 Å². The Morgan fingerprint density at radius 3 is 2.47 bits per heavy atom. The van der Waals surface area contributed by atoms with Gasteiger partial charge in [-0.15, -0.1) is 17.9 Å². The molecular formula is C42H60FN7O7S2. The minimum absolute atomic E-state index is 0. The maximum absolute atomic E-state index is 13.8. The molecule has 1 aliphatic heterocycles. The van der Waals surface area contributed by atoms with Crippen molar-refractivity contribution in [2.24, 2.45) is 11.3 Å². The van der Waals surface area contributed by atoms with Gasteiger partial charge >= 0.3 is 10.2 Å². The predicted octanol–water partition coefficient (Wildman–Crippen LogP) is 6.46. The molecule has 2 fully saturated rings. The number of thiazole rings is 1. The van der Waals surface area contributed by atoms with Gasteiger partial charge in [-0.2, -0.15) is 12.7 Å². The molecule has 1 aliphatic carbocycles. The van der Waals surface area contributed by atoms with Crippen LogP contribution in [0.3, 0.4) is 0 Å². The summed E-state index contributed by atoms with van der Waals surface area (Å²) in [5.41, 5.74) is 1.95. The van der Waals surface area contributed by atoms with Crippen LogP contribution in [0.2, 0.25) is 0 Å². The zero-order valence-corrected chi connectivity index (χ0v) is 36.6. The molecular weight excluding hydrogens is 798 g/mol. The summed E-state index contributed by atoms with van der Waals surface area (Å²) in [7, 11) is 0.132. The van der Waals surface area contributed by atoms with Crippen LogP contribution in [0.15, 0.2) is 65.3 Å². The normalized spacial score (nSPS) is 19.5. The number of nitrogens with zero attached hydrogens (tertiary/aromatic N) is 3. The van der Waals surface area contributed by atoms with E-state index in [-0.39, 0.29) is 22.0 Å². The lowest BCUT2D eigenvalue weighted by Gasteiger charge is -2.36. The van der Waals surface area contributed by atoms with E-state index in [0.29, 0.717) is 36.4 Å². The molecule has 59 heavy (non-hydrogen) atoms. The van der Waals surface area contributed by atoms with Crippen molar-refractivity contribution in [2.75, 3.05) is 33.1 Å². The minimum atomic E-state index is -4.06. The lowest BCUT2D eigenvalue weighted by molar-refractivity contribution is -0.141. The van der Waals surface area contributed by atoms with Gasteiger partial charge in [-0.3, -0.25) is 19.2 Å². The fraction of sp³-hybridized carbons (Fsp3) is 0.452. The van der Waals surface area contributed by atoms with Crippen LogP contribution in [0.25, 0.3) is 21.6 Å². The third-order valence-electron chi connectivity index (χ3n) is 10.6. The number of aromatic amines is 1. The SMILES string of the molecule is C=C[C@@H]1C[C@]1(NC(=O)[C@@H]1CCCN1C(=O)C(Nc1cccc(F)c1)C(C)(C)C)C(=O)NS(=O)(=O)N(C)C.COc1ccc2c(=O)cc(-c3nc(C(C)C)cs3)[nH]c2c1C.[HH].[HH].[HH]. The van der Waals surface area contributed by atoms with Crippen LogP contribution >= 0.6 is 11.3 Å². The lowest BCUT2D eigenvalue weighted by Crippen LogP contribution is -2.59. The number of amides is 3. The van der Waals surface area contributed by atoms with Crippen LogP contribution in [0.1, 0.15) is 75.3 Å². The molecule has 2 aromatic heterocycles. The van der Waals surface area contributed by atoms with E-state index in [9.17, 15) is 32.0 Å². The Hall–Kier alpha value is -5.13. The Balaban J connectivity index is 0.000000454. The predicted molar refractivity (Wildman–Crippen MR) is 235 cm³/mol. The zero-order chi connectivity index (χ0) is 43.6. The molecule has 4 N–H and O–H groups in total. The number of ether oxygens (including phenoxy) is 1. The Bertz CT molecular complexity index is 2420. The Morgan fingerprint density at radius 1 is 1.19 bits per heavy atom. The summed E-state index contributed by atoms with van der Waals surface area (Å²) < 4.78 is 46.4. The molecule has 1 unspecified atom stereocenters. The van der Waals surface area contributed by atoms with Crippen molar-refractivity contribution in [2.45, 2.75) is 84.3 Å². The Morgan fingerprint density at radius 2 is 1.90 bits per heavy atom. The molecule has 17 heteroatoms. The summed E-state index contributed by atoms with van der Waals surface area (Å²) in [5, 5.41) is 9.39. The molecule has 2 aliphatic rings. The number of hydrogen-bond acceptors (Lipinski definition) is 10. The van der Waals surface area contributed by atoms with Gasteiger partial charge < -0.3 is 25.3 Å². The third kappa shape index (κ3) is 9.85. The number of carbonyl (C=O) groups is 3. The molecule has 0 bridgehead atoms. The van der Waals surface area contributed by atoms with Crippen molar-refractivity contribution < 1.29 is 36.2 Å². The van der Waals surface area contributed by atoms with Crippen molar-refractivity contribution >= 4 is 55.9 Å². The molecule has 1 saturated heterocycles. The number of fused-ring (bicyclic) bond motifs is 1. The number of pyridine rings is 1. The monoisotopic (exact) mass is 857 g/mol. The number of aromatic nitrogens is 2. The number of methoxy groups -OCH3 is 1. The van der Waals surface area contributed by atoms with E-state index in [4.69, 9.17) is 4.74 Å². The molecule has 4 atom stereocenters. The topological polar surface area (TPSA) is 183 Å². The number of hydrogen-bond donors (Lipinski definition) is 4. The number of rotatable bonds is 12. The van der Waals surface area contributed by atoms with E-state index in [1.165, 1.54) is 37.2 Å². The van der Waals surface area contributed by atoms with E-state index < -0.39 is 56.8 Å². The first-order chi connectivity index (χ1) is 27.6. The molecule has 3 amide bonds. The molecule has 6 rings (SSSR count). The van der Waals surface area contributed by atoms with Gasteiger partial charge in [0.25, 0.3) is 5.91 Å². The van der Waals surface area contributed by atoms with Gasteiger partial charge in [0.1, 0.15) is 34.2 Å². The fourth-order valence-corrected chi connectivity index (χ4v) is 8.50. The van der Waals surface area contributed by atoms with Crippen LogP contribution in [0, 0.1) is 24.1 Å². The molecule has 14 nitrogen and oxygen atoms in total. The minimum Gasteiger partial charge on any atom is -0.496 e. The summed E-state index contributed by atoms with van der Waals surface area (Å²) in [4.78, 5) is 61.9. The number of carbonyl (C=O) groups excluding carboxylic acids is 3. The average Bonchev–Trinajstić information content (AvgIpc) is 3.47. The largest absolute Gasteiger partial charge is 0.496 e. The highest BCUT2D eigenvalue weighted by Crippen LogP contribution is 2.45. The van der Waals surface area contributed by atoms with Crippen LogP contribution in [0.4, 0.5) is 10.1 Å². The number of benzene rings is 2. The van der Waals surface area contributed by atoms with Gasteiger partial charge in [-0.05, 0) is 67.9 Å². The van der Waals surface area contributed by atoms with Gasteiger partial charge in [-0.25, -0.2) is 14.1 Å². The second-order valence-corrected chi connectivity index (χ2v) is 19.2. The summed E-state index contributed by atoms with van der Waals surface area (Å²) in [6.45, 7) is 15.8. The van der Waals surface area contributed by atoms with Crippen LogP contribution < -0.4 is 25.5 Å². The molecule has 3 heterocycles. The standard InChI is InChI=1S/C25H36FN5O5S.C17H18N2O2S.3H2/c1-7-16-15-25(16,23(34)29-37(35,36)30(5)6)28-21(32)19-12-9-13-31(19)22(33)20(24(2,3)4)27-18-11-8-10-17(26)14-18;1-9(2)13-8-22-17(19-13)12-7-14(20)11-5-6-15(21-4)10(3)16(11)18-12;;;/h7-8,10-11,14,16,19-20,27H,1,9,12-13,15H2,2-6H3,(H,28,32)(H,29,34);5-9H,1-4H3,(H,18,20);3*1H/t16-,19+,20?,25-;;;;/m1..../s1. The highest BCUT2D eigenvalue weighted by Gasteiger charge is 2.61. The van der Waals surface area contributed by atoms with Crippen molar-refractivity contribution in [1.29, 1.82) is 0 Å². The number of anilines is 1. The van der Waals surface area contributed by atoms with Crippen LogP contribution in [-0.2, 0) is 24.6 Å². The maximum atomic E-state index is 13.8. The molecule has 2 aromatic carbocycles. The molecule has 4 aromatic rings. The number of aryl methyl sites for hydroxylation is 1. The average molecular weight is 858 g/mol. The van der Waals surface area contributed by atoms with E-state index in [2.05, 4.69) is 41.0 Å². The Labute approximate surface area is 353 Å². The number of H-pyrrole nitrogens is 1. The first kappa shape index (κ1) is 45.0. The summed E-state index contributed by atoms with van der Waals surface area (Å²) in [6.07, 6.45) is 2.67. The summed E-state index contributed by atoms with van der Waals surface area (Å²) in [6, 6.07) is 9.46. The quantitative estimate of drug-likeness (QED) is 0.116. The van der Waals surface area contributed by atoms with Gasteiger partial charge in [-0.1, -0.05) is 46.8 Å². The second kappa shape index (κ2) is 17.6. The van der Waals surface area contributed by atoms with Crippen molar-refractivity contribution in [3.05, 3.63) is 87.8 Å². The molecule has 1 saturated carbocycles. The van der Waals surface area contributed by atoms with Gasteiger partial charge in [0.2, 0.25) is 11.8 Å². The first-order valence-electron chi connectivity index (χ1n) is 19.3. The first-order valence-corrected chi connectivity index (χ1v) is 21.6. The number of nitrogens with one attached hydrogen (secondary N) is 4. The van der Waals surface area contributed by atoms with E-state index in [1.807, 2.05) is 43.9 Å². The number of likely N-dealkylation sites (tertiary alicyclic amines) is 1. The van der Waals surface area contributed by atoms with Crippen LogP contribution in [-0.4, -0.2) is 90.7 Å². The van der Waals surface area contributed by atoms with Gasteiger partial charge in [0, 0.05) is 58.9 Å². The fourth-order valence-electron chi connectivity index (χ4n) is 6.95. The second-order valence-electron chi connectivity index (χ2n) is 16.5. The molecule has 0 spiro atoms. The smallest absolute Gasteiger partial charge is 0.303 e. The van der Waals surface area contributed by atoms with E-state index in [0.717, 1.165) is 37.5 Å². The number of halogens is 1. The van der Waals surface area contributed by atoms with E-state index >= 15 is 0 Å². The lowest BCUT2D eigenvalue weighted by atomic mass is 9.85. The van der Waals surface area contributed by atoms with Crippen molar-refractivity contribution in [1.82, 2.24) is 29.2 Å². The maximum Gasteiger partial charge on any atom is 0.303 e. The Kier molecular flexibility index (Phi) is 13.4. The zero-order valence-electron chi connectivity index (χ0n) is 34.9. The highest BCUT2D eigenvalue weighted by atomic mass is 32.2. The summed E-state index contributed by atoms with van der Waals surface area (Å²) in [5.74, 6) is -1.46. The van der Waals surface area contributed by atoms with Crippen molar-refractivity contribution in [3.8, 4) is 16.5 Å². The van der Waals surface area contributed by atoms with Gasteiger partial charge in [0.05, 0.1) is 24.0 Å². The van der Waals surface area contributed by atoms with E-state index in [1.54, 1.807) is 42.7 Å². The highest BCUT2D eigenvalue weighted by molar-refractivity contribution is 7.87. The van der Waals surface area contributed by atoms with Crippen molar-refractivity contribution in [3.63, 3.8) is 0 Å². The molecule has 324 valence electrons. The third-order valence-corrected chi connectivity index (χ3v) is 12.9. The van der Waals surface area contributed by atoms with Gasteiger partial charge in [0.15, 0.2) is 5.43 Å². The summed E-state index contributed by atoms with van der Waals surface area (Å²) >= 11 is 1.55. The molecule has 0 radical (unpaired) electrons.